The average molecular weight is 508 g/mol. The van der Waals surface area contributed by atoms with E-state index in [1.807, 2.05) is 11.0 Å². The van der Waals surface area contributed by atoms with Crippen LogP contribution in [0.25, 0.3) is 0 Å². The van der Waals surface area contributed by atoms with Gasteiger partial charge in [-0.15, -0.1) is 11.3 Å². The molecule has 0 N–H and O–H groups in total. The largest absolute Gasteiger partial charge is 0.454 e. The van der Waals surface area contributed by atoms with Gasteiger partial charge in [0.25, 0.3) is 5.91 Å². The summed E-state index contributed by atoms with van der Waals surface area (Å²) in [5.74, 6) is 0.908. The van der Waals surface area contributed by atoms with Gasteiger partial charge in [-0.2, -0.15) is 0 Å². The van der Waals surface area contributed by atoms with E-state index in [4.69, 9.17) is 9.47 Å². The predicted octanol–water partition coefficient (Wildman–Crippen LogP) is 3.55. The number of carbonyl (C=O) groups excluding carboxylic acids is 2. The maximum Gasteiger partial charge on any atom is 0.254 e. The van der Waals surface area contributed by atoms with Crippen molar-refractivity contribution in [2.45, 2.75) is 12.5 Å². The van der Waals surface area contributed by atoms with E-state index in [1.165, 1.54) is 10.9 Å². The van der Waals surface area contributed by atoms with Crippen molar-refractivity contribution in [2.24, 2.45) is 0 Å². The van der Waals surface area contributed by atoms with Gasteiger partial charge in [0.05, 0.1) is 12.6 Å². The van der Waals surface area contributed by atoms with Crippen LogP contribution in [-0.2, 0) is 11.2 Å². The highest BCUT2D eigenvalue weighted by molar-refractivity contribution is 7.10. The number of fused-ring (bicyclic) bond motifs is 2. The predicted molar refractivity (Wildman–Crippen MR) is 133 cm³/mol. The molecule has 7 nitrogen and oxygen atoms in total. The molecule has 6 rings (SSSR count). The zero-order valence-electron chi connectivity index (χ0n) is 19.7. The van der Waals surface area contributed by atoms with Crippen LogP contribution in [0.4, 0.5) is 4.39 Å². The maximum absolute atomic E-state index is 14.1. The molecule has 2 aromatic carbocycles. The molecule has 3 aliphatic heterocycles. The highest BCUT2D eigenvalue weighted by atomic mass is 32.1. The minimum atomic E-state index is -0.274. The molecular formula is C27H26FN3O4S. The minimum Gasteiger partial charge on any atom is -0.454 e. The summed E-state index contributed by atoms with van der Waals surface area (Å²) in [4.78, 5) is 33.4. The van der Waals surface area contributed by atoms with Crippen molar-refractivity contribution in [3.63, 3.8) is 0 Å². The van der Waals surface area contributed by atoms with E-state index < -0.39 is 0 Å². The standard InChI is InChI=1S/C27H26FN3O4S/c28-20-3-1-2-18(14-20)26-21-7-13-36-24(21)6-8-31(26)16-25(32)29-9-11-30(12-10-29)27(33)19-4-5-22-23(15-19)35-17-34-22/h1-5,7,13-15,26H,6,8-12,16-17H2/t26-/m1/s1. The third-order valence-corrected chi connectivity index (χ3v) is 8.10. The number of nitrogens with zero attached hydrogens (tertiary/aromatic N) is 3. The number of carbonyl (C=O) groups is 2. The molecule has 0 bridgehead atoms. The Bertz CT molecular complexity index is 1300. The first kappa shape index (κ1) is 23.0. The fourth-order valence-electron chi connectivity index (χ4n) is 5.25. The van der Waals surface area contributed by atoms with E-state index in [1.54, 1.807) is 46.6 Å². The van der Waals surface area contributed by atoms with Gasteiger partial charge in [-0.05, 0) is 59.3 Å². The topological polar surface area (TPSA) is 62.3 Å². The molecule has 2 amide bonds. The molecule has 0 radical (unpaired) electrons. The van der Waals surface area contributed by atoms with Gasteiger partial charge >= 0.3 is 0 Å². The summed E-state index contributed by atoms with van der Waals surface area (Å²) in [5, 5.41) is 2.07. The van der Waals surface area contributed by atoms with Crippen molar-refractivity contribution < 1.29 is 23.5 Å². The number of piperazine rings is 1. The van der Waals surface area contributed by atoms with Crippen LogP contribution in [0.3, 0.4) is 0 Å². The van der Waals surface area contributed by atoms with Crippen LogP contribution < -0.4 is 9.47 Å². The molecule has 0 unspecified atom stereocenters. The third kappa shape index (κ3) is 4.33. The molecule has 4 heterocycles. The number of ether oxygens (including phenoxy) is 2. The first-order valence-electron chi connectivity index (χ1n) is 12.1. The van der Waals surface area contributed by atoms with E-state index in [2.05, 4.69) is 16.3 Å². The zero-order valence-corrected chi connectivity index (χ0v) is 20.5. The van der Waals surface area contributed by atoms with Crippen molar-refractivity contribution in [3.8, 4) is 11.5 Å². The summed E-state index contributed by atoms with van der Waals surface area (Å²) in [6.07, 6.45) is 0.879. The Morgan fingerprint density at radius 3 is 2.58 bits per heavy atom. The monoisotopic (exact) mass is 507 g/mol. The molecule has 0 saturated carbocycles. The van der Waals surface area contributed by atoms with E-state index in [0.29, 0.717) is 43.2 Å². The smallest absolute Gasteiger partial charge is 0.254 e. The fraction of sp³-hybridized carbons (Fsp3) is 0.333. The second-order valence-corrected chi connectivity index (χ2v) is 10.2. The Balaban J connectivity index is 1.11. The number of hydrogen-bond donors (Lipinski definition) is 0. The number of amides is 2. The molecular weight excluding hydrogens is 481 g/mol. The van der Waals surface area contributed by atoms with Crippen molar-refractivity contribution in [2.75, 3.05) is 46.1 Å². The number of rotatable bonds is 4. The fourth-order valence-corrected chi connectivity index (χ4v) is 6.15. The van der Waals surface area contributed by atoms with Crippen LogP contribution in [0.2, 0.25) is 0 Å². The highest BCUT2D eigenvalue weighted by Crippen LogP contribution is 2.38. The summed E-state index contributed by atoms with van der Waals surface area (Å²) in [7, 11) is 0. The lowest BCUT2D eigenvalue weighted by atomic mass is 9.93. The number of thiophene rings is 1. The number of halogens is 1. The quantitative estimate of drug-likeness (QED) is 0.541. The van der Waals surface area contributed by atoms with Crippen LogP contribution in [0.15, 0.2) is 53.9 Å². The lowest BCUT2D eigenvalue weighted by molar-refractivity contribution is -0.134. The van der Waals surface area contributed by atoms with Gasteiger partial charge in [0.1, 0.15) is 5.82 Å². The minimum absolute atomic E-state index is 0.0326. The second-order valence-electron chi connectivity index (χ2n) is 9.22. The molecule has 1 saturated heterocycles. The Morgan fingerprint density at radius 1 is 0.944 bits per heavy atom. The third-order valence-electron chi connectivity index (χ3n) is 7.11. The molecule has 0 spiro atoms. The molecule has 1 atom stereocenters. The van der Waals surface area contributed by atoms with Crippen LogP contribution in [0.1, 0.15) is 32.4 Å². The van der Waals surface area contributed by atoms with Crippen molar-refractivity contribution >= 4 is 23.2 Å². The van der Waals surface area contributed by atoms with Crippen LogP contribution >= 0.6 is 11.3 Å². The van der Waals surface area contributed by atoms with E-state index in [9.17, 15) is 14.0 Å². The Hall–Kier alpha value is -3.43. The van der Waals surface area contributed by atoms with E-state index in [-0.39, 0.29) is 37.0 Å². The van der Waals surface area contributed by atoms with Gasteiger partial charge in [0, 0.05) is 43.2 Å². The summed E-state index contributed by atoms with van der Waals surface area (Å²) in [6.45, 7) is 3.07. The van der Waals surface area contributed by atoms with Gasteiger partial charge in [0.15, 0.2) is 11.5 Å². The van der Waals surface area contributed by atoms with Crippen LogP contribution in [0.5, 0.6) is 11.5 Å². The number of hydrogen-bond acceptors (Lipinski definition) is 6. The van der Waals surface area contributed by atoms with Gasteiger partial charge in [-0.3, -0.25) is 14.5 Å². The van der Waals surface area contributed by atoms with Gasteiger partial charge in [-0.1, -0.05) is 12.1 Å². The second kappa shape index (κ2) is 9.55. The Morgan fingerprint density at radius 2 is 1.75 bits per heavy atom. The summed E-state index contributed by atoms with van der Waals surface area (Å²) in [6, 6.07) is 13.8. The molecule has 0 aliphatic carbocycles. The van der Waals surface area contributed by atoms with Crippen molar-refractivity contribution in [1.82, 2.24) is 14.7 Å². The molecule has 1 fully saturated rings. The summed E-state index contributed by atoms with van der Waals surface area (Å²) >= 11 is 1.72. The Kier molecular flexibility index (Phi) is 6.10. The molecule has 36 heavy (non-hydrogen) atoms. The molecule has 1 aromatic heterocycles. The van der Waals surface area contributed by atoms with Crippen LogP contribution in [-0.4, -0.2) is 72.6 Å². The van der Waals surface area contributed by atoms with Crippen molar-refractivity contribution in [1.29, 1.82) is 0 Å². The SMILES string of the molecule is O=C(CN1CCc2sccc2[C@H]1c1cccc(F)c1)N1CCN(C(=O)c2ccc3c(c2)OCO3)CC1. The first-order chi connectivity index (χ1) is 17.6. The summed E-state index contributed by atoms with van der Waals surface area (Å²) in [5.41, 5.74) is 2.57. The zero-order chi connectivity index (χ0) is 24.6. The van der Waals surface area contributed by atoms with Crippen molar-refractivity contribution in [3.05, 3.63) is 81.3 Å². The van der Waals surface area contributed by atoms with Crippen LogP contribution in [0, 0.1) is 5.82 Å². The highest BCUT2D eigenvalue weighted by Gasteiger charge is 2.33. The van der Waals surface area contributed by atoms with Gasteiger partial charge < -0.3 is 19.3 Å². The first-order valence-corrected chi connectivity index (χ1v) is 13.0. The summed E-state index contributed by atoms with van der Waals surface area (Å²) < 4.78 is 24.8. The molecule has 3 aromatic rings. The van der Waals surface area contributed by atoms with Gasteiger partial charge in [0.2, 0.25) is 12.7 Å². The Labute approximate surface area is 212 Å². The number of benzene rings is 2. The molecule has 186 valence electrons. The maximum atomic E-state index is 14.1. The van der Waals surface area contributed by atoms with Gasteiger partial charge in [-0.25, -0.2) is 4.39 Å². The lowest BCUT2D eigenvalue weighted by Crippen LogP contribution is -2.53. The lowest BCUT2D eigenvalue weighted by Gasteiger charge is -2.39. The molecule has 9 heteroatoms. The van der Waals surface area contributed by atoms with E-state index in [0.717, 1.165) is 24.1 Å². The average Bonchev–Trinajstić information content (AvgIpc) is 3.57. The normalized spacial score (nSPS) is 19.3. The van der Waals surface area contributed by atoms with E-state index >= 15 is 0 Å². The molecule has 3 aliphatic rings.